The fraction of sp³-hybridized carbons (Fsp3) is 0.158. The number of ether oxygens (including phenoxy) is 2. The summed E-state index contributed by atoms with van der Waals surface area (Å²) in [5.74, 6) is -1.51. The molecule has 2 rings (SSSR count). The Balaban J connectivity index is 1.98. The molecule has 0 saturated heterocycles. The zero-order valence-electron chi connectivity index (χ0n) is 13.7. The molecule has 26 heavy (non-hydrogen) atoms. The van der Waals surface area contributed by atoms with Crippen LogP contribution in [0.2, 0.25) is 15.1 Å². The van der Waals surface area contributed by atoms with Gasteiger partial charge in [-0.3, -0.25) is 0 Å². The van der Waals surface area contributed by atoms with Gasteiger partial charge in [-0.2, -0.15) is 0 Å². The van der Waals surface area contributed by atoms with Gasteiger partial charge in [0.15, 0.2) is 5.75 Å². The fourth-order valence-electron chi connectivity index (χ4n) is 2.13. The van der Waals surface area contributed by atoms with Crippen molar-refractivity contribution in [1.29, 1.82) is 0 Å². The van der Waals surface area contributed by atoms with E-state index in [1.54, 1.807) is 0 Å². The highest BCUT2D eigenvalue weighted by molar-refractivity contribution is 6.40. The van der Waals surface area contributed by atoms with Crippen LogP contribution >= 0.6 is 34.8 Å². The van der Waals surface area contributed by atoms with Crippen molar-refractivity contribution < 1.29 is 19.1 Å². The normalized spacial score (nSPS) is 12.0. The van der Waals surface area contributed by atoms with E-state index in [2.05, 4.69) is 0 Å². The third kappa shape index (κ3) is 5.77. The Morgan fingerprint density at radius 3 is 2.15 bits per heavy atom. The molecule has 0 bridgehead atoms. The number of halogens is 3. The van der Waals surface area contributed by atoms with E-state index in [1.807, 2.05) is 37.3 Å². The molecule has 0 aliphatic rings. The van der Waals surface area contributed by atoms with E-state index < -0.39 is 18.0 Å². The zero-order chi connectivity index (χ0) is 19.1. The number of carbonyl (C=O) groups is 2. The first-order valence-corrected chi connectivity index (χ1v) is 8.84. The first kappa shape index (κ1) is 20.3. The summed E-state index contributed by atoms with van der Waals surface area (Å²) in [6, 6.07) is 12.1. The zero-order valence-corrected chi connectivity index (χ0v) is 16.0. The molecule has 0 saturated carbocycles. The lowest BCUT2D eigenvalue weighted by atomic mass is 10.1. The Hall–Kier alpha value is -2.01. The van der Waals surface area contributed by atoms with Crippen LogP contribution in [0.1, 0.15) is 25.0 Å². The van der Waals surface area contributed by atoms with Gasteiger partial charge in [-0.1, -0.05) is 72.1 Å². The van der Waals surface area contributed by atoms with Gasteiger partial charge < -0.3 is 9.47 Å². The van der Waals surface area contributed by atoms with Crippen molar-refractivity contribution in [3.8, 4) is 5.75 Å². The molecule has 1 atom stereocenters. The van der Waals surface area contributed by atoms with Crippen molar-refractivity contribution in [2.45, 2.75) is 19.4 Å². The Bertz CT molecular complexity index is 796. The van der Waals surface area contributed by atoms with E-state index >= 15 is 0 Å². The minimum Gasteiger partial charge on any atom is -0.454 e. The van der Waals surface area contributed by atoms with Crippen molar-refractivity contribution in [1.82, 2.24) is 0 Å². The average Bonchev–Trinajstić information content (AvgIpc) is 2.61. The number of hydrogen-bond donors (Lipinski definition) is 0. The molecule has 0 amide bonds. The molecule has 0 aromatic heterocycles. The van der Waals surface area contributed by atoms with Gasteiger partial charge in [0, 0.05) is 17.2 Å². The highest BCUT2D eigenvalue weighted by atomic mass is 35.5. The molecule has 2 aromatic carbocycles. The van der Waals surface area contributed by atoms with Gasteiger partial charge >= 0.3 is 11.9 Å². The van der Waals surface area contributed by atoms with Gasteiger partial charge in [0.2, 0.25) is 0 Å². The number of rotatable bonds is 6. The lowest BCUT2D eigenvalue weighted by Crippen LogP contribution is -2.10. The molecule has 0 aliphatic heterocycles. The molecule has 136 valence electrons. The topological polar surface area (TPSA) is 52.6 Å². The third-order valence-electron chi connectivity index (χ3n) is 3.32. The van der Waals surface area contributed by atoms with Gasteiger partial charge in [0.05, 0.1) is 10.0 Å². The van der Waals surface area contributed by atoms with E-state index in [0.717, 1.165) is 17.7 Å². The number of esters is 2. The van der Waals surface area contributed by atoms with Crippen LogP contribution in [0.25, 0.3) is 0 Å². The summed E-state index contributed by atoms with van der Waals surface area (Å²) in [7, 11) is 0. The average molecular weight is 414 g/mol. The molecule has 0 spiro atoms. The van der Waals surface area contributed by atoms with Crippen molar-refractivity contribution in [2.75, 3.05) is 0 Å². The molecule has 0 aliphatic carbocycles. The quantitative estimate of drug-likeness (QED) is 0.341. The van der Waals surface area contributed by atoms with Gasteiger partial charge in [-0.05, 0) is 24.1 Å². The number of benzene rings is 2. The summed E-state index contributed by atoms with van der Waals surface area (Å²) in [5.41, 5.74) is 0.874. The van der Waals surface area contributed by atoms with Gasteiger partial charge in [0.1, 0.15) is 6.10 Å². The molecule has 0 heterocycles. The fourth-order valence-corrected chi connectivity index (χ4v) is 3.03. The molecule has 0 fully saturated rings. The Morgan fingerprint density at radius 2 is 1.58 bits per heavy atom. The maximum Gasteiger partial charge on any atom is 0.336 e. The van der Waals surface area contributed by atoms with Crippen LogP contribution in [0.5, 0.6) is 5.75 Å². The highest BCUT2D eigenvalue weighted by Crippen LogP contribution is 2.35. The second kappa shape index (κ2) is 9.62. The summed E-state index contributed by atoms with van der Waals surface area (Å²) in [5, 5.41) is 0.481. The van der Waals surface area contributed by atoms with Gasteiger partial charge in [-0.15, -0.1) is 0 Å². The summed E-state index contributed by atoms with van der Waals surface area (Å²) < 4.78 is 10.4. The summed E-state index contributed by atoms with van der Waals surface area (Å²) in [4.78, 5) is 23.8. The molecule has 0 N–H and O–H groups in total. The predicted octanol–water partition coefficient (Wildman–Crippen LogP) is 5.80. The van der Waals surface area contributed by atoms with Crippen molar-refractivity contribution >= 4 is 46.7 Å². The SMILES string of the molecule is CCC(OC(=O)/C=C/C(=O)Oc1c(Cl)cc(Cl)cc1Cl)c1ccccc1. The Labute approximate surface area is 166 Å². The maximum absolute atomic E-state index is 11.9. The lowest BCUT2D eigenvalue weighted by molar-refractivity contribution is -0.144. The second-order valence-corrected chi connectivity index (χ2v) is 6.45. The van der Waals surface area contributed by atoms with Crippen LogP contribution in [0.4, 0.5) is 0 Å². The number of carbonyl (C=O) groups excluding carboxylic acids is 2. The van der Waals surface area contributed by atoms with Crippen molar-refractivity contribution in [3.63, 3.8) is 0 Å². The van der Waals surface area contributed by atoms with Crippen LogP contribution in [-0.4, -0.2) is 11.9 Å². The van der Waals surface area contributed by atoms with E-state index in [0.29, 0.717) is 11.4 Å². The van der Waals surface area contributed by atoms with Crippen LogP contribution < -0.4 is 4.74 Å². The molecular weight excluding hydrogens is 399 g/mol. The lowest BCUT2D eigenvalue weighted by Gasteiger charge is -2.15. The summed E-state index contributed by atoms with van der Waals surface area (Å²) in [6.07, 6.45) is 2.14. The minimum atomic E-state index is -0.819. The Kier molecular flexibility index (Phi) is 7.51. The van der Waals surface area contributed by atoms with Gasteiger partial charge in [0.25, 0.3) is 0 Å². The van der Waals surface area contributed by atoms with E-state index in [9.17, 15) is 9.59 Å². The molecule has 1 unspecified atom stereocenters. The maximum atomic E-state index is 11.9. The third-order valence-corrected chi connectivity index (χ3v) is 4.10. The second-order valence-electron chi connectivity index (χ2n) is 5.20. The Morgan fingerprint density at radius 1 is 1.00 bits per heavy atom. The predicted molar refractivity (Wildman–Crippen MR) is 102 cm³/mol. The van der Waals surface area contributed by atoms with Crippen LogP contribution in [-0.2, 0) is 14.3 Å². The first-order chi connectivity index (χ1) is 12.4. The molecule has 7 heteroatoms. The minimum absolute atomic E-state index is 0.0310. The molecule has 4 nitrogen and oxygen atoms in total. The van der Waals surface area contributed by atoms with Crippen molar-refractivity contribution in [2.24, 2.45) is 0 Å². The van der Waals surface area contributed by atoms with Gasteiger partial charge in [-0.25, -0.2) is 9.59 Å². The standard InChI is InChI=1S/C19H15Cl3O4/c1-2-16(12-6-4-3-5-7-12)25-17(23)8-9-18(24)26-19-14(21)10-13(20)11-15(19)22/h3-11,16H,2H2,1H3/b9-8+. The monoisotopic (exact) mass is 412 g/mol. The largest absolute Gasteiger partial charge is 0.454 e. The molecular formula is C19H15Cl3O4. The summed E-state index contributed by atoms with van der Waals surface area (Å²) >= 11 is 17.7. The van der Waals surface area contributed by atoms with Crippen LogP contribution in [0.3, 0.4) is 0 Å². The van der Waals surface area contributed by atoms with E-state index in [4.69, 9.17) is 44.3 Å². The summed E-state index contributed by atoms with van der Waals surface area (Å²) in [6.45, 7) is 1.90. The first-order valence-electron chi connectivity index (χ1n) is 7.70. The molecule has 0 radical (unpaired) electrons. The smallest absolute Gasteiger partial charge is 0.336 e. The van der Waals surface area contributed by atoms with E-state index in [1.165, 1.54) is 12.1 Å². The van der Waals surface area contributed by atoms with Crippen LogP contribution in [0.15, 0.2) is 54.6 Å². The van der Waals surface area contributed by atoms with Crippen LogP contribution in [0, 0.1) is 0 Å². The van der Waals surface area contributed by atoms with E-state index in [-0.39, 0.29) is 15.8 Å². The number of hydrogen-bond acceptors (Lipinski definition) is 4. The molecule has 2 aromatic rings. The highest BCUT2D eigenvalue weighted by Gasteiger charge is 2.15. The van der Waals surface area contributed by atoms with Crippen molar-refractivity contribution in [3.05, 3.63) is 75.2 Å².